The normalized spacial score (nSPS) is 18.6. The molecule has 0 saturated carbocycles. The second-order valence-corrected chi connectivity index (χ2v) is 4.66. The number of non-ortho nitro benzene ring substituents is 1. The summed E-state index contributed by atoms with van der Waals surface area (Å²) in [5, 5.41) is 16.6. The Labute approximate surface area is 122 Å². The number of nitro benzene ring substituents is 1. The second kappa shape index (κ2) is 7.51. The van der Waals surface area contributed by atoms with Gasteiger partial charge < -0.3 is 15.4 Å². The van der Waals surface area contributed by atoms with E-state index in [0.717, 1.165) is 6.54 Å². The molecule has 0 aliphatic carbocycles. The Balaban J connectivity index is 1.83. The Morgan fingerprint density at radius 3 is 3.14 bits per heavy atom. The molecule has 1 fully saturated rings. The molecule has 1 unspecified atom stereocenters. The van der Waals surface area contributed by atoms with Crippen molar-refractivity contribution < 1.29 is 14.5 Å². The van der Waals surface area contributed by atoms with E-state index in [1.54, 1.807) is 18.2 Å². The topological polar surface area (TPSA) is 93.5 Å². The Kier molecular flexibility index (Phi) is 5.42. The highest BCUT2D eigenvalue weighted by Gasteiger charge is 2.12. The fourth-order valence-electron chi connectivity index (χ4n) is 1.95. The van der Waals surface area contributed by atoms with Gasteiger partial charge in [-0.15, -0.1) is 0 Å². The molecule has 2 N–H and O–H groups in total. The van der Waals surface area contributed by atoms with E-state index in [0.29, 0.717) is 25.3 Å². The van der Waals surface area contributed by atoms with Gasteiger partial charge in [0.2, 0.25) is 5.91 Å². The van der Waals surface area contributed by atoms with Crippen molar-refractivity contribution in [1.82, 2.24) is 10.6 Å². The van der Waals surface area contributed by atoms with Crippen LogP contribution in [0.1, 0.15) is 5.56 Å². The first-order chi connectivity index (χ1) is 10.1. The van der Waals surface area contributed by atoms with Crippen LogP contribution in [-0.4, -0.2) is 43.2 Å². The van der Waals surface area contributed by atoms with Crippen LogP contribution in [0.15, 0.2) is 30.3 Å². The van der Waals surface area contributed by atoms with Crippen molar-refractivity contribution in [3.63, 3.8) is 0 Å². The fraction of sp³-hybridized carbons (Fsp3) is 0.357. The molecule has 0 aromatic heterocycles. The van der Waals surface area contributed by atoms with Crippen molar-refractivity contribution in [3.05, 3.63) is 46.0 Å². The van der Waals surface area contributed by atoms with Crippen molar-refractivity contribution >= 4 is 17.7 Å². The zero-order valence-electron chi connectivity index (χ0n) is 11.5. The van der Waals surface area contributed by atoms with Crippen molar-refractivity contribution in [2.45, 2.75) is 6.04 Å². The van der Waals surface area contributed by atoms with E-state index in [2.05, 4.69) is 10.6 Å². The predicted molar refractivity (Wildman–Crippen MR) is 77.7 cm³/mol. The maximum Gasteiger partial charge on any atom is 0.270 e. The molecule has 21 heavy (non-hydrogen) atoms. The van der Waals surface area contributed by atoms with Gasteiger partial charge in [-0.05, 0) is 11.6 Å². The molecular formula is C14H17N3O4. The van der Waals surface area contributed by atoms with E-state index in [-0.39, 0.29) is 17.6 Å². The highest BCUT2D eigenvalue weighted by atomic mass is 16.6. The summed E-state index contributed by atoms with van der Waals surface area (Å²) in [5.74, 6) is -0.242. The molecule has 2 rings (SSSR count). The number of nitro groups is 1. The molecule has 0 spiro atoms. The van der Waals surface area contributed by atoms with Gasteiger partial charge in [-0.3, -0.25) is 14.9 Å². The molecule has 112 valence electrons. The summed E-state index contributed by atoms with van der Waals surface area (Å²) in [4.78, 5) is 21.9. The van der Waals surface area contributed by atoms with Crippen LogP contribution in [0.3, 0.4) is 0 Å². The lowest BCUT2D eigenvalue weighted by molar-refractivity contribution is -0.384. The zero-order valence-corrected chi connectivity index (χ0v) is 11.5. The van der Waals surface area contributed by atoms with Gasteiger partial charge in [-0.1, -0.05) is 12.1 Å². The standard InChI is InChI=1S/C14H17N3O4/c18-14(16-9-12-10-21-7-6-15-12)5-4-11-2-1-3-13(8-11)17(19)20/h1-5,8,12,15H,6-7,9-10H2,(H,16,18)/b5-4+. The monoisotopic (exact) mass is 291 g/mol. The Bertz CT molecular complexity index is 539. The first-order valence-electron chi connectivity index (χ1n) is 6.66. The second-order valence-electron chi connectivity index (χ2n) is 4.66. The third-order valence-electron chi connectivity index (χ3n) is 3.03. The van der Waals surface area contributed by atoms with Gasteiger partial charge in [0.15, 0.2) is 0 Å². The molecule has 0 radical (unpaired) electrons. The average Bonchev–Trinajstić information content (AvgIpc) is 2.52. The van der Waals surface area contributed by atoms with Crippen molar-refractivity contribution in [3.8, 4) is 0 Å². The maximum atomic E-state index is 11.7. The van der Waals surface area contributed by atoms with Gasteiger partial charge in [-0.25, -0.2) is 0 Å². The molecule has 7 heteroatoms. The molecule has 1 aromatic carbocycles. The van der Waals surface area contributed by atoms with Crippen LogP contribution in [-0.2, 0) is 9.53 Å². The molecule has 7 nitrogen and oxygen atoms in total. The number of hydrogen-bond donors (Lipinski definition) is 2. The van der Waals surface area contributed by atoms with E-state index < -0.39 is 4.92 Å². The highest BCUT2D eigenvalue weighted by molar-refractivity contribution is 5.91. The molecule has 0 bridgehead atoms. The maximum absolute atomic E-state index is 11.7. The predicted octanol–water partition coefficient (Wildman–Crippen LogP) is 0.713. The van der Waals surface area contributed by atoms with Crippen molar-refractivity contribution in [1.29, 1.82) is 0 Å². The lowest BCUT2D eigenvalue weighted by atomic mass is 10.2. The minimum Gasteiger partial charge on any atom is -0.378 e. The smallest absolute Gasteiger partial charge is 0.270 e. The highest BCUT2D eigenvalue weighted by Crippen LogP contribution is 2.13. The summed E-state index contributed by atoms with van der Waals surface area (Å²) in [6.45, 7) is 2.54. The SMILES string of the molecule is O=C(/C=C/c1cccc([N+](=O)[O-])c1)NCC1COCCN1. The number of nitrogens with zero attached hydrogens (tertiary/aromatic N) is 1. The first kappa shape index (κ1) is 15.1. The number of hydrogen-bond acceptors (Lipinski definition) is 5. The third kappa shape index (κ3) is 4.97. The summed E-state index contributed by atoms with van der Waals surface area (Å²) in [6.07, 6.45) is 2.91. The van der Waals surface area contributed by atoms with E-state index >= 15 is 0 Å². The Hall–Kier alpha value is -2.25. The summed E-state index contributed by atoms with van der Waals surface area (Å²) in [7, 11) is 0. The lowest BCUT2D eigenvalue weighted by Gasteiger charge is -2.23. The minimum absolute atomic E-state index is 0.00103. The van der Waals surface area contributed by atoms with Gasteiger partial charge in [0.05, 0.1) is 18.1 Å². The molecule has 1 aliphatic rings. The number of nitrogens with one attached hydrogen (secondary N) is 2. The molecule has 1 heterocycles. The lowest BCUT2D eigenvalue weighted by Crippen LogP contribution is -2.48. The van der Waals surface area contributed by atoms with E-state index in [1.165, 1.54) is 18.2 Å². The van der Waals surface area contributed by atoms with E-state index in [4.69, 9.17) is 4.74 Å². The van der Waals surface area contributed by atoms with Gasteiger partial charge in [0.1, 0.15) is 0 Å². The number of rotatable bonds is 5. The molecule has 1 aromatic rings. The molecule has 1 atom stereocenters. The van der Waals surface area contributed by atoms with Gasteiger partial charge in [0.25, 0.3) is 5.69 Å². The zero-order chi connectivity index (χ0) is 15.1. The number of amides is 1. The van der Waals surface area contributed by atoms with E-state index in [9.17, 15) is 14.9 Å². The summed E-state index contributed by atoms with van der Waals surface area (Å²) >= 11 is 0. The van der Waals surface area contributed by atoms with E-state index in [1.807, 2.05) is 0 Å². The number of morpholine rings is 1. The Morgan fingerprint density at radius 1 is 1.57 bits per heavy atom. The fourth-order valence-corrected chi connectivity index (χ4v) is 1.95. The van der Waals surface area contributed by atoms with Crippen LogP contribution < -0.4 is 10.6 Å². The number of benzene rings is 1. The van der Waals surface area contributed by atoms with Gasteiger partial charge in [0, 0.05) is 37.3 Å². The van der Waals surface area contributed by atoms with Crippen LogP contribution in [0.25, 0.3) is 6.08 Å². The van der Waals surface area contributed by atoms with Crippen LogP contribution in [0.4, 0.5) is 5.69 Å². The van der Waals surface area contributed by atoms with Crippen LogP contribution in [0.5, 0.6) is 0 Å². The van der Waals surface area contributed by atoms with Crippen LogP contribution >= 0.6 is 0 Å². The average molecular weight is 291 g/mol. The molecule has 1 aliphatic heterocycles. The Morgan fingerprint density at radius 2 is 2.43 bits per heavy atom. The van der Waals surface area contributed by atoms with Crippen LogP contribution in [0, 0.1) is 10.1 Å². The number of carbonyl (C=O) groups is 1. The molecule has 1 saturated heterocycles. The third-order valence-corrected chi connectivity index (χ3v) is 3.03. The first-order valence-corrected chi connectivity index (χ1v) is 6.66. The van der Waals surface area contributed by atoms with Crippen LogP contribution in [0.2, 0.25) is 0 Å². The van der Waals surface area contributed by atoms with Gasteiger partial charge in [-0.2, -0.15) is 0 Å². The largest absolute Gasteiger partial charge is 0.378 e. The summed E-state index contributed by atoms with van der Waals surface area (Å²) in [6, 6.07) is 6.23. The quantitative estimate of drug-likeness (QED) is 0.473. The van der Waals surface area contributed by atoms with Crippen molar-refractivity contribution in [2.24, 2.45) is 0 Å². The van der Waals surface area contributed by atoms with Gasteiger partial charge >= 0.3 is 0 Å². The molecular weight excluding hydrogens is 274 g/mol. The summed E-state index contributed by atoms with van der Waals surface area (Å²) < 4.78 is 5.28. The number of carbonyl (C=O) groups excluding carboxylic acids is 1. The van der Waals surface area contributed by atoms with Crippen molar-refractivity contribution in [2.75, 3.05) is 26.3 Å². The summed E-state index contributed by atoms with van der Waals surface area (Å²) in [5.41, 5.74) is 0.611. The minimum atomic E-state index is -0.466. The molecule has 1 amide bonds. The number of ether oxygens (including phenoxy) is 1.